The number of hydrogen-bond donors (Lipinski definition) is 0. The summed E-state index contributed by atoms with van der Waals surface area (Å²) in [5.74, 6) is -0.325. The molecule has 0 saturated heterocycles. The molecule has 0 aliphatic heterocycles. The zero-order chi connectivity index (χ0) is 13.2. The normalized spacial score (nSPS) is 17.7. The van der Waals surface area contributed by atoms with E-state index in [4.69, 9.17) is 4.84 Å². The number of rotatable bonds is 3. The van der Waals surface area contributed by atoms with E-state index in [0.29, 0.717) is 0 Å². The molecule has 1 aromatic carbocycles. The molecule has 1 aliphatic carbocycles. The lowest BCUT2D eigenvalue weighted by Gasteiger charge is -2.31. The van der Waals surface area contributed by atoms with E-state index < -0.39 is 5.41 Å². The molecule has 0 aromatic heterocycles. The van der Waals surface area contributed by atoms with Gasteiger partial charge in [-0.15, -0.1) is 0 Å². The molecule has 0 atom stereocenters. The summed E-state index contributed by atoms with van der Waals surface area (Å²) < 4.78 is 13.0. The van der Waals surface area contributed by atoms with E-state index >= 15 is 0 Å². The molecule has 0 radical (unpaired) electrons. The minimum absolute atomic E-state index is 0.0471. The molecule has 98 valence electrons. The lowest BCUT2D eigenvalue weighted by Crippen LogP contribution is -2.43. The van der Waals surface area contributed by atoms with Gasteiger partial charge in [0.05, 0.1) is 12.5 Å². The summed E-state index contributed by atoms with van der Waals surface area (Å²) in [5.41, 5.74) is 0.341. The fraction of sp³-hybridized carbons (Fsp3) is 0.500. The van der Waals surface area contributed by atoms with Crippen molar-refractivity contribution >= 4 is 5.91 Å². The Bertz CT molecular complexity index is 424. The number of carbonyl (C=O) groups excluding carboxylic acids is 1. The average molecular weight is 251 g/mol. The molecule has 0 spiro atoms. The summed E-state index contributed by atoms with van der Waals surface area (Å²) >= 11 is 0. The van der Waals surface area contributed by atoms with E-state index in [2.05, 4.69) is 0 Å². The van der Waals surface area contributed by atoms with Crippen molar-refractivity contribution in [2.24, 2.45) is 0 Å². The second kappa shape index (κ2) is 5.06. The van der Waals surface area contributed by atoms with E-state index in [1.807, 2.05) is 0 Å². The van der Waals surface area contributed by atoms with Crippen LogP contribution >= 0.6 is 0 Å². The Balaban J connectivity index is 2.38. The quantitative estimate of drug-likeness (QED) is 0.773. The molecule has 1 saturated carbocycles. The maximum Gasteiger partial charge on any atom is 0.256 e. The van der Waals surface area contributed by atoms with Gasteiger partial charge in [0.2, 0.25) is 0 Å². The van der Waals surface area contributed by atoms with Crippen molar-refractivity contribution in [3.63, 3.8) is 0 Å². The van der Waals surface area contributed by atoms with Crippen LogP contribution in [0, 0.1) is 5.82 Å². The maximum absolute atomic E-state index is 13.0. The standard InChI is InChI=1S/C14H18FNO2/c1-16(18-2)13(17)14(9-3-4-10-14)11-5-7-12(15)8-6-11/h5-8H,3-4,9-10H2,1-2H3. The average Bonchev–Trinajstić information content (AvgIpc) is 2.88. The van der Waals surface area contributed by atoms with Crippen LogP contribution in [0.2, 0.25) is 0 Å². The first-order valence-electron chi connectivity index (χ1n) is 6.18. The van der Waals surface area contributed by atoms with Gasteiger partial charge in [-0.1, -0.05) is 25.0 Å². The minimum Gasteiger partial charge on any atom is -0.275 e. The van der Waals surface area contributed by atoms with Crippen LogP contribution in [0.1, 0.15) is 31.2 Å². The van der Waals surface area contributed by atoms with Crippen LogP contribution in [0.5, 0.6) is 0 Å². The molecule has 0 N–H and O–H groups in total. The van der Waals surface area contributed by atoms with Gasteiger partial charge in [-0.2, -0.15) is 0 Å². The second-order valence-corrected chi connectivity index (χ2v) is 4.78. The van der Waals surface area contributed by atoms with Crippen LogP contribution in [0.3, 0.4) is 0 Å². The molecule has 3 nitrogen and oxygen atoms in total. The highest BCUT2D eigenvalue weighted by atomic mass is 19.1. The molecule has 1 aliphatic rings. The molecule has 1 aromatic rings. The highest BCUT2D eigenvalue weighted by Gasteiger charge is 2.44. The topological polar surface area (TPSA) is 29.5 Å². The van der Waals surface area contributed by atoms with Gasteiger partial charge in [0, 0.05) is 7.05 Å². The Morgan fingerprint density at radius 3 is 2.33 bits per heavy atom. The zero-order valence-corrected chi connectivity index (χ0v) is 10.8. The van der Waals surface area contributed by atoms with Crippen molar-refractivity contribution in [1.29, 1.82) is 0 Å². The molecule has 18 heavy (non-hydrogen) atoms. The SMILES string of the molecule is CON(C)C(=O)C1(c2ccc(F)cc2)CCCC1. The molecular weight excluding hydrogens is 233 g/mol. The number of hydroxylamine groups is 2. The summed E-state index contributed by atoms with van der Waals surface area (Å²) in [6, 6.07) is 6.25. The number of hydrogen-bond acceptors (Lipinski definition) is 2. The summed E-state index contributed by atoms with van der Waals surface area (Å²) in [5, 5.41) is 1.27. The van der Waals surface area contributed by atoms with Crippen LogP contribution < -0.4 is 0 Å². The largest absolute Gasteiger partial charge is 0.275 e. The third-order valence-corrected chi connectivity index (χ3v) is 3.82. The molecule has 1 amide bonds. The number of amides is 1. The Morgan fingerprint density at radius 1 is 1.28 bits per heavy atom. The van der Waals surface area contributed by atoms with Crippen LogP contribution in [0.15, 0.2) is 24.3 Å². The van der Waals surface area contributed by atoms with E-state index in [-0.39, 0.29) is 11.7 Å². The molecule has 1 fully saturated rings. The first-order chi connectivity index (χ1) is 8.60. The maximum atomic E-state index is 13.0. The third-order valence-electron chi connectivity index (χ3n) is 3.82. The summed E-state index contributed by atoms with van der Waals surface area (Å²) in [6.45, 7) is 0. The van der Waals surface area contributed by atoms with Crippen molar-refractivity contribution in [2.45, 2.75) is 31.1 Å². The number of halogens is 1. The summed E-state index contributed by atoms with van der Waals surface area (Å²) in [4.78, 5) is 17.5. The van der Waals surface area contributed by atoms with E-state index in [1.54, 1.807) is 19.2 Å². The number of nitrogens with zero attached hydrogens (tertiary/aromatic N) is 1. The second-order valence-electron chi connectivity index (χ2n) is 4.78. The zero-order valence-electron chi connectivity index (χ0n) is 10.8. The Labute approximate surface area is 106 Å². The Morgan fingerprint density at radius 2 is 1.83 bits per heavy atom. The van der Waals surface area contributed by atoms with Gasteiger partial charge in [-0.25, -0.2) is 9.45 Å². The minimum atomic E-state index is -0.543. The molecule has 0 heterocycles. The molecule has 0 unspecified atom stereocenters. The van der Waals surface area contributed by atoms with Crippen LogP contribution in [0.25, 0.3) is 0 Å². The lowest BCUT2D eigenvalue weighted by molar-refractivity contribution is -0.175. The van der Waals surface area contributed by atoms with Gasteiger partial charge in [-0.05, 0) is 30.5 Å². The van der Waals surface area contributed by atoms with Gasteiger partial charge in [0.25, 0.3) is 5.91 Å². The molecular formula is C14H18FNO2. The van der Waals surface area contributed by atoms with Crippen molar-refractivity contribution in [1.82, 2.24) is 5.06 Å². The number of likely N-dealkylation sites (N-methyl/N-ethyl adjacent to an activating group) is 1. The number of benzene rings is 1. The smallest absolute Gasteiger partial charge is 0.256 e. The predicted octanol–water partition coefficient (Wildman–Crippen LogP) is 2.66. The van der Waals surface area contributed by atoms with Gasteiger partial charge in [-0.3, -0.25) is 9.63 Å². The van der Waals surface area contributed by atoms with Crippen molar-refractivity contribution in [3.8, 4) is 0 Å². The van der Waals surface area contributed by atoms with Crippen molar-refractivity contribution in [2.75, 3.05) is 14.2 Å². The first-order valence-corrected chi connectivity index (χ1v) is 6.18. The van der Waals surface area contributed by atoms with E-state index in [1.165, 1.54) is 24.3 Å². The van der Waals surface area contributed by atoms with Crippen LogP contribution in [-0.2, 0) is 15.0 Å². The highest BCUT2D eigenvalue weighted by molar-refractivity contribution is 5.87. The lowest BCUT2D eigenvalue weighted by atomic mass is 9.78. The number of carbonyl (C=O) groups is 1. The summed E-state index contributed by atoms with van der Waals surface area (Å²) in [7, 11) is 3.09. The predicted molar refractivity (Wildman–Crippen MR) is 66.3 cm³/mol. The monoisotopic (exact) mass is 251 g/mol. The van der Waals surface area contributed by atoms with Crippen LogP contribution in [0.4, 0.5) is 4.39 Å². The van der Waals surface area contributed by atoms with Crippen molar-refractivity contribution in [3.05, 3.63) is 35.6 Å². The van der Waals surface area contributed by atoms with Gasteiger partial charge >= 0.3 is 0 Å². The first kappa shape index (κ1) is 13.0. The highest BCUT2D eigenvalue weighted by Crippen LogP contribution is 2.42. The summed E-state index contributed by atoms with van der Waals surface area (Å²) in [6.07, 6.45) is 3.62. The molecule has 0 bridgehead atoms. The Hall–Kier alpha value is -1.42. The van der Waals surface area contributed by atoms with Gasteiger partial charge in [0.1, 0.15) is 5.82 Å². The fourth-order valence-electron chi connectivity index (χ4n) is 2.76. The molecule has 4 heteroatoms. The van der Waals surface area contributed by atoms with Gasteiger partial charge in [0.15, 0.2) is 0 Å². The molecule has 2 rings (SSSR count). The van der Waals surface area contributed by atoms with E-state index in [9.17, 15) is 9.18 Å². The van der Waals surface area contributed by atoms with E-state index in [0.717, 1.165) is 31.2 Å². The van der Waals surface area contributed by atoms with Gasteiger partial charge < -0.3 is 0 Å². The van der Waals surface area contributed by atoms with Crippen molar-refractivity contribution < 1.29 is 14.0 Å². The third kappa shape index (κ3) is 2.12. The Kier molecular flexibility index (Phi) is 3.66. The van der Waals surface area contributed by atoms with Crippen LogP contribution in [-0.4, -0.2) is 25.1 Å². The fourth-order valence-corrected chi connectivity index (χ4v) is 2.76.